The van der Waals surface area contributed by atoms with E-state index in [0.29, 0.717) is 19.8 Å². The Bertz CT molecular complexity index is 1180. The van der Waals surface area contributed by atoms with Gasteiger partial charge in [0.25, 0.3) is 0 Å². The van der Waals surface area contributed by atoms with Gasteiger partial charge < -0.3 is 14.0 Å². The maximum atomic E-state index is 6.13. The first-order valence-corrected chi connectivity index (χ1v) is 10.4. The Labute approximate surface area is 182 Å². The van der Waals surface area contributed by atoms with Crippen LogP contribution in [-0.4, -0.2) is 16.2 Å². The summed E-state index contributed by atoms with van der Waals surface area (Å²) in [4.78, 5) is 4.80. The molecule has 0 amide bonds. The Morgan fingerprint density at radius 3 is 2.57 bits per heavy atom. The van der Waals surface area contributed by atoms with Gasteiger partial charge in [-0.1, -0.05) is 35.9 Å². The summed E-state index contributed by atoms with van der Waals surface area (Å²) in [6.07, 6.45) is 0. The van der Waals surface area contributed by atoms with Crippen LogP contribution in [0.25, 0.3) is 11.0 Å². The largest absolute Gasteiger partial charge is 0.492 e. The Kier molecular flexibility index (Phi) is 5.96. The van der Waals surface area contributed by atoms with Crippen LogP contribution in [0.5, 0.6) is 11.5 Å². The maximum Gasteiger partial charge on any atom is 0.148 e. The fourth-order valence-electron chi connectivity index (χ4n) is 3.45. The molecule has 0 fully saturated rings. The zero-order valence-corrected chi connectivity index (χ0v) is 18.2. The van der Waals surface area contributed by atoms with Gasteiger partial charge in [0, 0.05) is 5.02 Å². The van der Waals surface area contributed by atoms with Crippen molar-refractivity contribution in [1.82, 2.24) is 9.55 Å². The monoisotopic (exact) mass is 420 g/mol. The van der Waals surface area contributed by atoms with Crippen molar-refractivity contribution in [3.05, 3.63) is 88.2 Å². The van der Waals surface area contributed by atoms with Gasteiger partial charge in [-0.05, 0) is 73.9 Å². The summed E-state index contributed by atoms with van der Waals surface area (Å²) in [5.41, 5.74) is 5.33. The van der Waals surface area contributed by atoms with Gasteiger partial charge in [-0.2, -0.15) is 0 Å². The van der Waals surface area contributed by atoms with E-state index in [1.807, 2.05) is 43.3 Å². The Hall–Kier alpha value is -2.98. The molecule has 0 saturated heterocycles. The molecule has 0 bridgehead atoms. The van der Waals surface area contributed by atoms with E-state index in [1.165, 1.54) is 5.56 Å². The van der Waals surface area contributed by atoms with Crippen molar-refractivity contribution in [3.63, 3.8) is 0 Å². The Morgan fingerprint density at radius 2 is 1.73 bits per heavy atom. The van der Waals surface area contributed by atoms with Crippen molar-refractivity contribution in [1.29, 1.82) is 0 Å². The molecule has 4 nitrogen and oxygen atoms in total. The van der Waals surface area contributed by atoms with Gasteiger partial charge in [-0.15, -0.1) is 0 Å². The van der Waals surface area contributed by atoms with Crippen LogP contribution in [0.15, 0.2) is 60.7 Å². The molecule has 154 valence electrons. The summed E-state index contributed by atoms with van der Waals surface area (Å²) in [5, 5.41) is 0.744. The molecule has 0 radical (unpaired) electrons. The van der Waals surface area contributed by atoms with Crippen LogP contribution in [0.3, 0.4) is 0 Å². The molecule has 0 aliphatic heterocycles. The first-order valence-electron chi connectivity index (χ1n) is 10.0. The van der Waals surface area contributed by atoms with Crippen LogP contribution in [0.2, 0.25) is 5.02 Å². The van der Waals surface area contributed by atoms with Gasteiger partial charge >= 0.3 is 0 Å². The van der Waals surface area contributed by atoms with Crippen LogP contribution in [0.1, 0.15) is 22.5 Å². The lowest BCUT2D eigenvalue weighted by Gasteiger charge is -2.13. The van der Waals surface area contributed by atoms with Crippen molar-refractivity contribution in [3.8, 4) is 11.5 Å². The second-order valence-electron chi connectivity index (χ2n) is 7.49. The zero-order valence-electron chi connectivity index (χ0n) is 17.5. The summed E-state index contributed by atoms with van der Waals surface area (Å²) >= 11 is 6.11. The second-order valence-corrected chi connectivity index (χ2v) is 7.89. The van der Waals surface area contributed by atoms with Gasteiger partial charge in [0.1, 0.15) is 30.5 Å². The third-order valence-electron chi connectivity index (χ3n) is 5.15. The smallest absolute Gasteiger partial charge is 0.148 e. The molecule has 4 aromatic rings. The molecule has 5 heteroatoms. The molecular weight excluding hydrogens is 396 g/mol. The van der Waals surface area contributed by atoms with E-state index in [0.717, 1.165) is 44.5 Å². The average Bonchev–Trinajstić information content (AvgIpc) is 3.09. The van der Waals surface area contributed by atoms with E-state index in [1.54, 1.807) is 0 Å². The van der Waals surface area contributed by atoms with Gasteiger partial charge in [0.05, 0.1) is 17.6 Å². The van der Waals surface area contributed by atoms with Crippen LogP contribution < -0.4 is 9.47 Å². The lowest BCUT2D eigenvalue weighted by atomic mass is 10.1. The number of benzene rings is 3. The van der Waals surface area contributed by atoms with Crippen LogP contribution >= 0.6 is 11.6 Å². The third-order valence-corrected chi connectivity index (χ3v) is 5.57. The molecule has 4 rings (SSSR count). The van der Waals surface area contributed by atoms with Gasteiger partial charge in [-0.25, -0.2) is 4.98 Å². The SMILES string of the molecule is Cc1ccc(C)c(OCc2nc3ccccc3n2CCOc2ccc(Cl)c(C)c2)c1. The predicted molar refractivity (Wildman–Crippen MR) is 122 cm³/mol. The minimum atomic E-state index is 0.402. The summed E-state index contributed by atoms with van der Waals surface area (Å²) < 4.78 is 14.3. The summed E-state index contributed by atoms with van der Waals surface area (Å²) in [7, 11) is 0. The molecule has 0 aliphatic carbocycles. The third kappa shape index (κ3) is 4.44. The van der Waals surface area contributed by atoms with Crippen LogP contribution in [0.4, 0.5) is 0 Å². The number of aromatic nitrogens is 2. The fraction of sp³-hybridized carbons (Fsp3) is 0.240. The minimum Gasteiger partial charge on any atom is -0.492 e. The molecule has 1 aromatic heterocycles. The number of aryl methyl sites for hydroxylation is 3. The lowest BCUT2D eigenvalue weighted by molar-refractivity contribution is 0.271. The van der Waals surface area contributed by atoms with Gasteiger partial charge in [0.2, 0.25) is 0 Å². The van der Waals surface area contributed by atoms with Crippen molar-refractivity contribution in [2.45, 2.75) is 33.9 Å². The van der Waals surface area contributed by atoms with E-state index < -0.39 is 0 Å². The van der Waals surface area contributed by atoms with E-state index >= 15 is 0 Å². The highest BCUT2D eigenvalue weighted by atomic mass is 35.5. The number of fused-ring (bicyclic) bond motifs is 1. The first kappa shape index (κ1) is 20.3. The highest BCUT2D eigenvalue weighted by Gasteiger charge is 2.12. The lowest BCUT2D eigenvalue weighted by Crippen LogP contribution is -2.13. The number of nitrogens with zero attached hydrogens (tertiary/aromatic N) is 2. The number of hydrogen-bond donors (Lipinski definition) is 0. The van der Waals surface area contributed by atoms with Gasteiger partial charge in [-0.3, -0.25) is 0 Å². The first-order chi connectivity index (χ1) is 14.5. The molecule has 3 aromatic carbocycles. The molecule has 0 N–H and O–H groups in total. The quantitative estimate of drug-likeness (QED) is 0.353. The molecular formula is C25H25ClN2O2. The number of imidazole rings is 1. The van der Waals surface area contributed by atoms with E-state index in [-0.39, 0.29) is 0 Å². The second kappa shape index (κ2) is 8.80. The van der Waals surface area contributed by atoms with Crippen molar-refractivity contribution < 1.29 is 9.47 Å². The standard InChI is InChI=1S/C25H25ClN2O2/c1-17-8-9-18(2)24(14-17)30-16-25-27-22-6-4-5-7-23(22)28(25)12-13-29-20-10-11-21(26)19(3)15-20/h4-11,14-15H,12-13,16H2,1-3H3. The maximum absolute atomic E-state index is 6.13. The highest BCUT2D eigenvalue weighted by molar-refractivity contribution is 6.31. The van der Waals surface area contributed by atoms with E-state index in [4.69, 9.17) is 26.1 Å². The average molecular weight is 421 g/mol. The van der Waals surface area contributed by atoms with Crippen molar-refractivity contribution in [2.24, 2.45) is 0 Å². The molecule has 0 unspecified atom stereocenters. The number of para-hydroxylation sites is 2. The van der Waals surface area contributed by atoms with Crippen molar-refractivity contribution >= 4 is 22.6 Å². The van der Waals surface area contributed by atoms with E-state index in [2.05, 4.69) is 42.7 Å². The number of hydrogen-bond acceptors (Lipinski definition) is 3. The molecule has 0 aliphatic rings. The molecule has 0 spiro atoms. The highest BCUT2D eigenvalue weighted by Crippen LogP contribution is 2.23. The molecule has 0 atom stereocenters. The predicted octanol–water partition coefficient (Wildman–Crippen LogP) is 6.27. The number of ether oxygens (including phenoxy) is 2. The van der Waals surface area contributed by atoms with Crippen LogP contribution in [0, 0.1) is 20.8 Å². The normalized spacial score (nSPS) is 11.1. The summed E-state index contributed by atoms with van der Waals surface area (Å²) in [5.74, 6) is 2.59. The van der Waals surface area contributed by atoms with Crippen LogP contribution in [-0.2, 0) is 13.2 Å². The Balaban J connectivity index is 1.52. The van der Waals surface area contributed by atoms with Gasteiger partial charge in [0.15, 0.2) is 0 Å². The minimum absolute atomic E-state index is 0.402. The number of rotatable bonds is 7. The molecule has 1 heterocycles. The van der Waals surface area contributed by atoms with E-state index in [9.17, 15) is 0 Å². The summed E-state index contributed by atoms with van der Waals surface area (Å²) in [6, 6.07) is 20.1. The topological polar surface area (TPSA) is 36.3 Å². The Morgan fingerprint density at radius 1 is 0.900 bits per heavy atom. The summed E-state index contributed by atoms with van der Waals surface area (Å²) in [6.45, 7) is 7.70. The molecule has 30 heavy (non-hydrogen) atoms. The van der Waals surface area contributed by atoms with Crippen molar-refractivity contribution in [2.75, 3.05) is 6.61 Å². The molecule has 0 saturated carbocycles. The number of halogens is 1. The zero-order chi connectivity index (χ0) is 21.1. The fourth-order valence-corrected chi connectivity index (χ4v) is 3.57.